The van der Waals surface area contributed by atoms with Gasteiger partial charge in [-0.25, -0.2) is 0 Å². The van der Waals surface area contributed by atoms with Crippen LogP contribution in [0.2, 0.25) is 0 Å². The first-order valence-electron chi connectivity index (χ1n) is 8.64. The van der Waals surface area contributed by atoms with E-state index in [0.717, 1.165) is 41.0 Å². The maximum absolute atomic E-state index is 12.3. The molecule has 0 aliphatic heterocycles. The van der Waals surface area contributed by atoms with Gasteiger partial charge in [0.15, 0.2) is 0 Å². The molecule has 0 aliphatic rings. The second kappa shape index (κ2) is 9.11. The highest BCUT2D eigenvalue weighted by atomic mass is 16.5. The van der Waals surface area contributed by atoms with Gasteiger partial charge in [0.25, 0.3) is 0 Å². The molecule has 1 atom stereocenters. The molecule has 1 unspecified atom stereocenters. The molecular formula is C21H27NO3. The van der Waals surface area contributed by atoms with E-state index in [1.165, 1.54) is 0 Å². The Bertz CT molecular complexity index is 695. The molecule has 0 aromatic heterocycles. The molecule has 25 heavy (non-hydrogen) atoms. The fourth-order valence-electron chi connectivity index (χ4n) is 2.88. The zero-order valence-corrected chi connectivity index (χ0v) is 15.5. The van der Waals surface area contributed by atoms with E-state index in [9.17, 15) is 4.79 Å². The Balaban J connectivity index is 1.92. The lowest BCUT2D eigenvalue weighted by atomic mass is 10.0. The predicted octanol–water partition coefficient (Wildman–Crippen LogP) is 4.21. The Kier molecular flexibility index (Phi) is 6.87. The van der Waals surface area contributed by atoms with Gasteiger partial charge in [-0.2, -0.15) is 0 Å². The monoisotopic (exact) mass is 341 g/mol. The minimum atomic E-state index is 0.0241. The summed E-state index contributed by atoms with van der Waals surface area (Å²) in [4.78, 5) is 12.3. The molecule has 0 radical (unpaired) electrons. The van der Waals surface area contributed by atoms with Crippen LogP contribution in [0.5, 0.6) is 11.5 Å². The Morgan fingerprint density at radius 1 is 1.08 bits per heavy atom. The maximum atomic E-state index is 12.3. The van der Waals surface area contributed by atoms with Crippen molar-refractivity contribution in [3.8, 4) is 11.5 Å². The largest absolute Gasteiger partial charge is 0.497 e. The van der Waals surface area contributed by atoms with E-state index < -0.39 is 0 Å². The fraction of sp³-hybridized carbons (Fsp3) is 0.381. The molecule has 4 heteroatoms. The van der Waals surface area contributed by atoms with Crippen molar-refractivity contribution >= 4 is 5.91 Å². The van der Waals surface area contributed by atoms with Crippen LogP contribution >= 0.6 is 0 Å². The molecule has 4 nitrogen and oxygen atoms in total. The van der Waals surface area contributed by atoms with Crippen molar-refractivity contribution < 1.29 is 14.3 Å². The van der Waals surface area contributed by atoms with Crippen LogP contribution in [0, 0.1) is 6.92 Å². The van der Waals surface area contributed by atoms with Crippen molar-refractivity contribution in [3.63, 3.8) is 0 Å². The van der Waals surface area contributed by atoms with E-state index in [0.29, 0.717) is 6.42 Å². The van der Waals surface area contributed by atoms with Crippen LogP contribution in [0.3, 0.4) is 0 Å². The van der Waals surface area contributed by atoms with Gasteiger partial charge in [-0.3, -0.25) is 4.79 Å². The number of benzene rings is 2. The first kappa shape index (κ1) is 18.8. The summed E-state index contributed by atoms with van der Waals surface area (Å²) in [5.74, 6) is 1.76. The Labute approximate surface area is 150 Å². The molecule has 0 bridgehead atoms. The molecule has 2 aromatic rings. The van der Waals surface area contributed by atoms with E-state index in [4.69, 9.17) is 9.47 Å². The highest BCUT2D eigenvalue weighted by molar-refractivity contribution is 5.76. The number of hydrogen-bond donors (Lipinski definition) is 1. The molecule has 2 rings (SSSR count). The Morgan fingerprint density at radius 2 is 1.80 bits per heavy atom. The van der Waals surface area contributed by atoms with Crippen molar-refractivity contribution in [2.75, 3.05) is 14.2 Å². The Morgan fingerprint density at radius 3 is 2.36 bits per heavy atom. The molecule has 0 spiro atoms. The second-order valence-electron chi connectivity index (χ2n) is 6.11. The van der Waals surface area contributed by atoms with Crippen LogP contribution in [0.1, 0.15) is 42.5 Å². The third-order valence-electron chi connectivity index (χ3n) is 4.36. The van der Waals surface area contributed by atoms with E-state index in [1.54, 1.807) is 14.2 Å². The van der Waals surface area contributed by atoms with E-state index in [2.05, 4.69) is 18.3 Å². The molecule has 0 heterocycles. The van der Waals surface area contributed by atoms with E-state index >= 15 is 0 Å². The van der Waals surface area contributed by atoms with Crippen LogP contribution in [0.15, 0.2) is 42.5 Å². The van der Waals surface area contributed by atoms with Crippen molar-refractivity contribution in [2.45, 2.75) is 39.2 Å². The van der Waals surface area contributed by atoms with Gasteiger partial charge in [0.1, 0.15) is 11.5 Å². The van der Waals surface area contributed by atoms with Crippen molar-refractivity contribution in [2.24, 2.45) is 0 Å². The highest BCUT2D eigenvalue weighted by Crippen LogP contribution is 2.21. The molecule has 0 saturated heterocycles. The van der Waals surface area contributed by atoms with Gasteiger partial charge in [-0.05, 0) is 54.7 Å². The lowest BCUT2D eigenvalue weighted by Crippen LogP contribution is -2.28. The van der Waals surface area contributed by atoms with Gasteiger partial charge < -0.3 is 14.8 Å². The van der Waals surface area contributed by atoms with Crippen molar-refractivity contribution in [3.05, 3.63) is 59.2 Å². The average molecular weight is 341 g/mol. The SMILES string of the molecule is CCC(NC(=O)CCc1ccc(OC)c(C)c1)c1ccc(OC)cc1. The molecule has 134 valence electrons. The average Bonchev–Trinajstić information content (AvgIpc) is 2.64. The van der Waals surface area contributed by atoms with Gasteiger partial charge in [0.2, 0.25) is 5.91 Å². The highest BCUT2D eigenvalue weighted by Gasteiger charge is 2.13. The Hall–Kier alpha value is -2.49. The summed E-state index contributed by atoms with van der Waals surface area (Å²) in [6.45, 7) is 4.08. The lowest BCUT2D eigenvalue weighted by Gasteiger charge is -2.18. The molecular weight excluding hydrogens is 314 g/mol. The molecule has 0 saturated carbocycles. The quantitative estimate of drug-likeness (QED) is 0.782. The number of carbonyl (C=O) groups is 1. The number of aryl methyl sites for hydroxylation is 2. The lowest BCUT2D eigenvalue weighted by molar-refractivity contribution is -0.121. The topological polar surface area (TPSA) is 47.6 Å². The van der Waals surface area contributed by atoms with Crippen molar-refractivity contribution in [1.82, 2.24) is 5.32 Å². The van der Waals surface area contributed by atoms with Crippen LogP contribution < -0.4 is 14.8 Å². The molecule has 2 aromatic carbocycles. The van der Waals surface area contributed by atoms with E-state index in [-0.39, 0.29) is 11.9 Å². The number of amides is 1. The summed E-state index contributed by atoms with van der Waals surface area (Å²) in [6, 6.07) is 13.9. The van der Waals surface area contributed by atoms with Gasteiger partial charge >= 0.3 is 0 Å². The normalized spacial score (nSPS) is 11.7. The smallest absolute Gasteiger partial charge is 0.220 e. The molecule has 0 fully saturated rings. The van der Waals surface area contributed by atoms with Crippen LogP contribution in [0.25, 0.3) is 0 Å². The molecule has 0 aliphatic carbocycles. The van der Waals surface area contributed by atoms with Crippen molar-refractivity contribution in [1.29, 1.82) is 0 Å². The van der Waals surface area contributed by atoms with Gasteiger partial charge in [-0.15, -0.1) is 0 Å². The first-order chi connectivity index (χ1) is 12.1. The number of hydrogen-bond acceptors (Lipinski definition) is 3. The zero-order valence-electron chi connectivity index (χ0n) is 15.5. The van der Waals surface area contributed by atoms with E-state index in [1.807, 2.05) is 43.3 Å². The third kappa shape index (κ3) is 5.24. The zero-order chi connectivity index (χ0) is 18.2. The number of carbonyl (C=O) groups excluding carboxylic acids is 1. The number of methoxy groups -OCH3 is 2. The summed E-state index contributed by atoms with van der Waals surface area (Å²) in [6.07, 6.45) is 2.04. The third-order valence-corrected chi connectivity index (χ3v) is 4.36. The van der Waals surface area contributed by atoms with Crippen LogP contribution in [-0.2, 0) is 11.2 Å². The first-order valence-corrected chi connectivity index (χ1v) is 8.64. The minimum Gasteiger partial charge on any atom is -0.497 e. The van der Waals surface area contributed by atoms with Crippen LogP contribution in [0.4, 0.5) is 0 Å². The summed E-state index contributed by atoms with van der Waals surface area (Å²) < 4.78 is 10.5. The van der Waals surface area contributed by atoms with Gasteiger partial charge in [0, 0.05) is 6.42 Å². The summed E-state index contributed by atoms with van der Waals surface area (Å²) >= 11 is 0. The summed E-state index contributed by atoms with van der Waals surface area (Å²) in [7, 11) is 3.31. The van der Waals surface area contributed by atoms with Gasteiger partial charge in [0.05, 0.1) is 20.3 Å². The van der Waals surface area contributed by atoms with Gasteiger partial charge in [-0.1, -0.05) is 31.2 Å². The fourth-order valence-corrected chi connectivity index (χ4v) is 2.88. The van der Waals surface area contributed by atoms with Crippen LogP contribution in [-0.4, -0.2) is 20.1 Å². The number of rotatable bonds is 8. The number of ether oxygens (including phenoxy) is 2. The predicted molar refractivity (Wildman–Crippen MR) is 100 cm³/mol. The number of nitrogens with one attached hydrogen (secondary N) is 1. The standard InChI is InChI=1S/C21H27NO3/c1-5-19(17-8-10-18(24-3)11-9-17)22-21(23)13-7-16-6-12-20(25-4)15(2)14-16/h6,8-12,14,19H,5,7,13H2,1-4H3,(H,22,23). The summed E-state index contributed by atoms with van der Waals surface area (Å²) in [5, 5.41) is 3.12. The minimum absolute atomic E-state index is 0.0241. The second-order valence-corrected chi connectivity index (χ2v) is 6.11. The molecule has 1 N–H and O–H groups in total. The maximum Gasteiger partial charge on any atom is 0.220 e. The molecule has 1 amide bonds. The summed E-state index contributed by atoms with van der Waals surface area (Å²) in [5.41, 5.74) is 3.33.